The lowest BCUT2D eigenvalue weighted by Gasteiger charge is -2.55. The van der Waals surface area contributed by atoms with Crippen LogP contribution in [0, 0.1) is 17.3 Å². The van der Waals surface area contributed by atoms with E-state index in [-0.39, 0.29) is 55.3 Å². The molecular formula is C60H78F3N11O8S. The van der Waals surface area contributed by atoms with E-state index in [0.717, 1.165) is 44.5 Å². The molecule has 7 aliphatic heterocycles. The highest BCUT2D eigenvalue weighted by atomic mass is 32.1. The molecule has 2 aliphatic carbocycles. The van der Waals surface area contributed by atoms with Crippen molar-refractivity contribution in [3.8, 4) is 22.5 Å². The number of benzene rings is 1. The van der Waals surface area contributed by atoms with E-state index in [0.29, 0.717) is 134 Å². The predicted molar refractivity (Wildman–Crippen MR) is 304 cm³/mol. The summed E-state index contributed by atoms with van der Waals surface area (Å²) >= 11 is 1.34. The van der Waals surface area contributed by atoms with Crippen LogP contribution in [0.3, 0.4) is 0 Å². The number of thiazole rings is 1. The van der Waals surface area contributed by atoms with Gasteiger partial charge in [-0.15, -0.1) is 11.3 Å². The second-order valence-electron chi connectivity index (χ2n) is 25.8. The van der Waals surface area contributed by atoms with Crippen molar-refractivity contribution in [3.63, 3.8) is 0 Å². The molecule has 6 saturated heterocycles. The van der Waals surface area contributed by atoms with E-state index in [1.165, 1.54) is 33.8 Å². The topological polar surface area (TPSA) is 198 Å². The Hall–Kier alpha value is -5.27. The summed E-state index contributed by atoms with van der Waals surface area (Å²) in [6.45, 7) is 11.3. The molecule has 0 unspecified atom stereocenters. The average molecular weight is 1170 g/mol. The van der Waals surface area contributed by atoms with E-state index in [1.54, 1.807) is 25.4 Å². The maximum absolute atomic E-state index is 15.2. The first kappa shape index (κ1) is 56.8. The highest BCUT2D eigenvalue weighted by Gasteiger charge is 2.58. The number of piperazine rings is 1. The number of aromatic nitrogens is 3. The fourth-order valence-corrected chi connectivity index (χ4v) is 15.4. The summed E-state index contributed by atoms with van der Waals surface area (Å²) in [7, 11) is 1.56. The van der Waals surface area contributed by atoms with Gasteiger partial charge in [-0.05, 0) is 87.5 Å². The third-order valence-electron chi connectivity index (χ3n) is 19.1. The molecule has 23 heteroatoms. The molecule has 9 aliphatic rings. The van der Waals surface area contributed by atoms with Gasteiger partial charge >= 0.3 is 12.1 Å². The van der Waals surface area contributed by atoms with Crippen molar-refractivity contribution in [2.75, 3.05) is 97.3 Å². The molecule has 7 atom stereocenters. The van der Waals surface area contributed by atoms with Crippen LogP contribution in [0.25, 0.3) is 33.4 Å². The summed E-state index contributed by atoms with van der Waals surface area (Å²) in [6.07, 6.45) is 3.78. The second kappa shape index (κ2) is 22.5. The van der Waals surface area contributed by atoms with Gasteiger partial charge in [-0.25, -0.2) is 10.4 Å². The quantitative estimate of drug-likeness (QED) is 0.126. The number of hydrogen-bond donors (Lipinski definition) is 3. The lowest BCUT2D eigenvalue weighted by atomic mass is 9.84. The number of esters is 1. The van der Waals surface area contributed by atoms with Crippen molar-refractivity contribution in [2.45, 2.75) is 146 Å². The normalized spacial score (nSPS) is 27.9. The molecule has 8 fully saturated rings. The Bertz CT molecular complexity index is 3120. The van der Waals surface area contributed by atoms with E-state index >= 15 is 22.8 Å². The number of carbonyl (C=O) groups excluding carboxylic acids is 4. The van der Waals surface area contributed by atoms with Crippen molar-refractivity contribution >= 4 is 51.6 Å². The number of ether oxygens (including phenoxy) is 4. The number of halogens is 3. The molecule has 4 aromatic rings. The minimum atomic E-state index is -4.62. The number of anilines is 1. The molecule has 448 valence electrons. The maximum Gasteiger partial charge on any atom is 0.406 e. The van der Waals surface area contributed by atoms with Gasteiger partial charge in [-0.1, -0.05) is 32.8 Å². The summed E-state index contributed by atoms with van der Waals surface area (Å²) < 4.78 is 71.5. The fourth-order valence-electron chi connectivity index (χ4n) is 14.5. The minimum absolute atomic E-state index is 0.0432. The number of nitrogens with one attached hydrogen (secondary N) is 3. The zero-order valence-corrected chi connectivity index (χ0v) is 48.8. The molecule has 1 spiro atoms. The van der Waals surface area contributed by atoms with Crippen molar-refractivity contribution in [3.05, 3.63) is 52.1 Å². The number of rotatable bonds is 11. The number of cyclic esters (lactones) is 1. The monoisotopic (exact) mass is 1170 g/mol. The predicted octanol–water partition coefficient (Wildman–Crippen LogP) is 5.49. The second-order valence-corrected chi connectivity index (χ2v) is 26.8. The third-order valence-corrected chi connectivity index (χ3v) is 20.0. The fraction of sp³-hybridized carbons (Fsp3) is 0.667. The summed E-state index contributed by atoms with van der Waals surface area (Å²) in [5, 5.41) is 11.1. The highest BCUT2D eigenvalue weighted by Crippen LogP contribution is 2.46. The first-order chi connectivity index (χ1) is 39.9. The number of carbonyl (C=O) groups is 4. The molecule has 3 N–H and O–H groups in total. The molecular weight excluding hydrogens is 1090 g/mol. The van der Waals surface area contributed by atoms with Crippen LogP contribution in [0.1, 0.15) is 94.5 Å². The molecule has 3 aromatic heterocycles. The Morgan fingerprint density at radius 3 is 2.59 bits per heavy atom. The number of alkyl halides is 3. The zero-order chi connectivity index (χ0) is 57.5. The van der Waals surface area contributed by atoms with Crippen molar-refractivity contribution < 1.29 is 51.3 Å². The lowest BCUT2D eigenvalue weighted by Crippen LogP contribution is -2.73. The van der Waals surface area contributed by atoms with E-state index in [1.807, 2.05) is 43.2 Å². The van der Waals surface area contributed by atoms with Gasteiger partial charge in [0.15, 0.2) is 0 Å². The van der Waals surface area contributed by atoms with Crippen molar-refractivity contribution in [1.82, 2.24) is 50.3 Å². The lowest BCUT2D eigenvalue weighted by molar-refractivity contribution is -0.197. The summed E-state index contributed by atoms with van der Waals surface area (Å²) in [4.78, 5) is 76.9. The van der Waals surface area contributed by atoms with Crippen LogP contribution in [0.15, 0.2) is 35.8 Å². The molecule has 3 amide bonds. The summed E-state index contributed by atoms with van der Waals surface area (Å²) in [5.41, 5.74) is 6.16. The Kier molecular flexibility index (Phi) is 15.4. The average Bonchev–Trinajstić information content (AvgIpc) is 2.12. The van der Waals surface area contributed by atoms with Gasteiger partial charge in [0, 0.05) is 98.2 Å². The van der Waals surface area contributed by atoms with Crippen LogP contribution in [-0.2, 0) is 57.5 Å². The Balaban J connectivity index is 0.848. The number of hydrazine groups is 1. The van der Waals surface area contributed by atoms with Crippen molar-refractivity contribution in [1.29, 1.82) is 0 Å². The number of morpholine rings is 2. The molecule has 1 aromatic carbocycles. The van der Waals surface area contributed by atoms with E-state index in [4.69, 9.17) is 28.9 Å². The Morgan fingerprint density at radius 1 is 0.988 bits per heavy atom. The van der Waals surface area contributed by atoms with E-state index in [2.05, 4.69) is 30.8 Å². The molecule has 0 radical (unpaired) electrons. The van der Waals surface area contributed by atoms with E-state index in [9.17, 15) is 9.59 Å². The molecule has 13 rings (SSSR count). The number of methoxy groups -OCH3 is 1. The van der Waals surface area contributed by atoms with Crippen LogP contribution in [0.2, 0.25) is 0 Å². The van der Waals surface area contributed by atoms with Gasteiger partial charge in [0.05, 0.1) is 91.7 Å². The molecule has 19 nitrogen and oxygen atoms in total. The highest BCUT2D eigenvalue weighted by molar-refractivity contribution is 7.10. The molecule has 6 bridgehead atoms. The van der Waals surface area contributed by atoms with Crippen LogP contribution in [-0.4, -0.2) is 198 Å². The summed E-state index contributed by atoms with van der Waals surface area (Å²) in [6, 6.07) is 5.20. The molecule has 10 heterocycles. The van der Waals surface area contributed by atoms with E-state index < -0.39 is 59.8 Å². The van der Waals surface area contributed by atoms with Gasteiger partial charge in [0.2, 0.25) is 11.8 Å². The van der Waals surface area contributed by atoms with Crippen LogP contribution in [0.4, 0.5) is 18.9 Å². The summed E-state index contributed by atoms with van der Waals surface area (Å²) in [5.74, 6) is -0.452. The van der Waals surface area contributed by atoms with Gasteiger partial charge < -0.3 is 38.6 Å². The van der Waals surface area contributed by atoms with Crippen LogP contribution >= 0.6 is 11.3 Å². The Labute approximate surface area is 486 Å². The Morgan fingerprint density at radius 2 is 1.81 bits per heavy atom. The third kappa shape index (κ3) is 11.7. The van der Waals surface area contributed by atoms with Crippen molar-refractivity contribution in [2.24, 2.45) is 17.3 Å². The number of likely N-dealkylation sites (tertiary alicyclic amines) is 1. The number of fused-ring (bicyclic) bond motifs is 7. The number of hydrogen-bond acceptors (Lipinski definition) is 16. The minimum Gasteiger partial charge on any atom is -0.464 e. The number of pyridine rings is 1. The van der Waals surface area contributed by atoms with Gasteiger partial charge in [-0.2, -0.15) is 13.2 Å². The van der Waals surface area contributed by atoms with Crippen LogP contribution in [0.5, 0.6) is 0 Å². The SMILES string of the molecule is CO[C@@H](C)c1ncc(N2CCN3CCOC[C@@H]3C2)cc1-c1c2c3cc(ccc3n1CC(F)(F)F)-c1csc(n1)C[C@H](NC(=O)[C@H](C1CCCC1)N1CCOC3(CN(C(=O)[C@@H]4N[C@@H]4C4CC4)C3)C1)C(=O)N1CCC[C@H](N1)C(=O)OCC(C)(C)C2. The first-order valence-corrected chi connectivity index (χ1v) is 31.0. The van der Waals surface area contributed by atoms with Gasteiger partial charge in [-0.3, -0.25) is 44.3 Å². The smallest absolute Gasteiger partial charge is 0.406 e. The van der Waals surface area contributed by atoms with Gasteiger partial charge in [0.25, 0.3) is 5.91 Å². The first-order valence-electron chi connectivity index (χ1n) is 30.1. The molecule has 2 saturated carbocycles. The zero-order valence-electron chi connectivity index (χ0n) is 48.0. The largest absolute Gasteiger partial charge is 0.464 e. The van der Waals surface area contributed by atoms with Gasteiger partial charge in [0.1, 0.15) is 30.3 Å². The number of nitrogens with zero attached hydrogens (tertiary/aromatic N) is 8. The number of amides is 3. The molecule has 83 heavy (non-hydrogen) atoms. The maximum atomic E-state index is 15.2. The standard InChI is InChI=1S/C60H78F3N11O8S/c1-35(79-4)49-42(23-39(26-64-49)70-17-16-69-18-20-80-28-40(69)27-70)53-43-25-58(2,3)34-81-57(78)44-10-7-15-74(68-44)55(76)45(24-48-65-46(29-83-48)38-13-14-47(41(43)22-38)73(53)33-60(61,62)63)66-54(75)52(37-8-5-6-9-37)71-19-21-82-59(30-71)31-72(32-59)56(77)51-50(67-51)36-11-12-36/h13-14,22-23,26,29,35-37,40,44-45,50-52,67-68H,5-12,15-21,24-25,27-28,30-34H2,1-4H3,(H,66,75)/t35-,40-,44-,45-,50+,51+,52-/m0/s1. The van der Waals surface area contributed by atoms with Crippen LogP contribution < -0.4 is 21.0 Å².